The molecule has 1 spiro atoms. The quantitative estimate of drug-likeness (QED) is 0.864. The maximum absolute atomic E-state index is 13.1. The van der Waals surface area contributed by atoms with E-state index < -0.39 is 0 Å². The summed E-state index contributed by atoms with van der Waals surface area (Å²) in [6, 6.07) is 8.80. The van der Waals surface area contributed by atoms with E-state index in [4.69, 9.17) is 5.73 Å². The summed E-state index contributed by atoms with van der Waals surface area (Å²) in [6.07, 6.45) is 9.11. The lowest BCUT2D eigenvalue weighted by atomic mass is 9.81. The Bertz CT molecular complexity index is 577. The van der Waals surface area contributed by atoms with Gasteiger partial charge in [-0.2, -0.15) is 0 Å². The fraction of sp³-hybridized carbons (Fsp3) is 0.632. The lowest BCUT2D eigenvalue weighted by Gasteiger charge is -2.31. The van der Waals surface area contributed by atoms with E-state index in [9.17, 15) is 4.79 Å². The normalized spacial score (nSPS) is 29.8. The van der Waals surface area contributed by atoms with Gasteiger partial charge in [-0.25, -0.2) is 0 Å². The zero-order chi connectivity index (χ0) is 15.2. The van der Waals surface area contributed by atoms with Gasteiger partial charge < -0.3 is 10.6 Å². The molecule has 0 bridgehead atoms. The van der Waals surface area contributed by atoms with E-state index >= 15 is 0 Å². The number of carbonyl (C=O) groups excluding carboxylic acids is 1. The molecular formula is C19H26N2O. The van der Waals surface area contributed by atoms with Crippen LogP contribution in [0, 0.1) is 5.92 Å². The number of benzene rings is 1. The zero-order valence-electron chi connectivity index (χ0n) is 13.3. The molecule has 1 amide bonds. The van der Waals surface area contributed by atoms with Crippen LogP contribution < -0.4 is 10.6 Å². The molecule has 3 aliphatic rings. The van der Waals surface area contributed by atoms with Crippen molar-refractivity contribution in [1.82, 2.24) is 0 Å². The second-order valence-corrected chi connectivity index (χ2v) is 7.55. The summed E-state index contributed by atoms with van der Waals surface area (Å²) in [5.74, 6) is 0.458. The van der Waals surface area contributed by atoms with Crippen LogP contribution in [0.3, 0.4) is 0 Å². The summed E-state index contributed by atoms with van der Waals surface area (Å²) in [5.41, 5.74) is 8.93. The number of anilines is 1. The fourth-order valence-corrected chi connectivity index (χ4v) is 4.98. The average Bonchev–Trinajstić information content (AvgIpc) is 3.14. The predicted molar refractivity (Wildman–Crippen MR) is 88.9 cm³/mol. The minimum atomic E-state index is 0.133. The largest absolute Gasteiger partial charge is 0.328 e. The van der Waals surface area contributed by atoms with Gasteiger partial charge in [0.15, 0.2) is 0 Å². The molecule has 0 aromatic heterocycles. The number of hydrogen-bond donors (Lipinski definition) is 1. The van der Waals surface area contributed by atoms with E-state index in [0.29, 0.717) is 5.91 Å². The van der Waals surface area contributed by atoms with Crippen LogP contribution in [0.25, 0.3) is 0 Å². The number of hydrogen-bond acceptors (Lipinski definition) is 2. The third-order valence-electron chi connectivity index (χ3n) is 6.12. The number of fused-ring (bicyclic) bond motifs is 2. The maximum atomic E-state index is 13.1. The van der Waals surface area contributed by atoms with Gasteiger partial charge in [0.1, 0.15) is 0 Å². The summed E-state index contributed by atoms with van der Waals surface area (Å²) in [4.78, 5) is 15.2. The molecule has 1 aromatic rings. The van der Waals surface area contributed by atoms with Gasteiger partial charge in [0, 0.05) is 29.6 Å². The molecule has 3 nitrogen and oxygen atoms in total. The first-order chi connectivity index (χ1) is 10.7. The molecule has 118 valence electrons. The van der Waals surface area contributed by atoms with Crippen molar-refractivity contribution in [3.63, 3.8) is 0 Å². The van der Waals surface area contributed by atoms with Gasteiger partial charge in [-0.05, 0) is 43.7 Å². The Kier molecular flexibility index (Phi) is 3.48. The van der Waals surface area contributed by atoms with E-state index in [2.05, 4.69) is 29.2 Å². The first-order valence-electron chi connectivity index (χ1n) is 8.86. The Morgan fingerprint density at radius 1 is 1.14 bits per heavy atom. The zero-order valence-corrected chi connectivity index (χ0v) is 13.3. The highest BCUT2D eigenvalue weighted by Gasteiger charge is 2.47. The van der Waals surface area contributed by atoms with Crippen molar-refractivity contribution < 1.29 is 4.79 Å². The Morgan fingerprint density at radius 3 is 2.68 bits per heavy atom. The molecule has 0 radical (unpaired) electrons. The van der Waals surface area contributed by atoms with Crippen molar-refractivity contribution in [2.75, 3.05) is 11.4 Å². The number of rotatable bonds is 1. The maximum Gasteiger partial charge on any atom is 0.230 e. The highest BCUT2D eigenvalue weighted by molar-refractivity contribution is 5.98. The molecule has 3 heteroatoms. The number of nitrogens with two attached hydrogens (primary N) is 1. The number of carbonyl (C=O) groups is 1. The SMILES string of the molecule is NC1CCCC(C(=O)N2CC3(CCCC3)c3ccccc32)C1. The summed E-state index contributed by atoms with van der Waals surface area (Å²) in [7, 11) is 0. The van der Waals surface area contributed by atoms with Crippen LogP contribution in [0.2, 0.25) is 0 Å². The third-order valence-corrected chi connectivity index (χ3v) is 6.12. The minimum absolute atomic E-state index is 0.133. The molecule has 2 saturated carbocycles. The molecule has 22 heavy (non-hydrogen) atoms. The van der Waals surface area contributed by atoms with Crippen molar-refractivity contribution in [3.8, 4) is 0 Å². The Morgan fingerprint density at radius 2 is 1.91 bits per heavy atom. The highest BCUT2D eigenvalue weighted by Crippen LogP contribution is 2.50. The molecule has 2 fully saturated rings. The molecule has 4 rings (SSSR count). The highest BCUT2D eigenvalue weighted by atomic mass is 16.2. The first kappa shape index (κ1) is 14.3. The molecule has 0 saturated heterocycles. The van der Waals surface area contributed by atoms with E-state index in [0.717, 1.165) is 32.2 Å². The Hall–Kier alpha value is -1.35. The van der Waals surface area contributed by atoms with E-state index in [1.54, 1.807) is 0 Å². The second-order valence-electron chi connectivity index (χ2n) is 7.55. The number of nitrogens with zero attached hydrogens (tertiary/aromatic N) is 1. The smallest absolute Gasteiger partial charge is 0.230 e. The molecule has 2 atom stereocenters. The van der Waals surface area contributed by atoms with Crippen LogP contribution >= 0.6 is 0 Å². The Labute approximate surface area is 132 Å². The lowest BCUT2D eigenvalue weighted by molar-refractivity contribution is -0.123. The van der Waals surface area contributed by atoms with Gasteiger partial charge in [-0.15, -0.1) is 0 Å². The van der Waals surface area contributed by atoms with Crippen LogP contribution in [0.1, 0.15) is 56.9 Å². The van der Waals surface area contributed by atoms with Gasteiger partial charge in [0.2, 0.25) is 5.91 Å². The summed E-state index contributed by atoms with van der Waals surface area (Å²) >= 11 is 0. The standard InChI is InChI=1S/C19H26N2O/c20-15-7-5-6-14(12-15)18(22)21-13-19(10-3-4-11-19)16-8-1-2-9-17(16)21/h1-2,8-9,14-15H,3-7,10-13,20H2. The summed E-state index contributed by atoms with van der Waals surface area (Å²) in [5, 5.41) is 0. The van der Waals surface area contributed by atoms with Gasteiger partial charge in [-0.1, -0.05) is 37.5 Å². The van der Waals surface area contributed by atoms with Crippen LogP contribution in [0.5, 0.6) is 0 Å². The number of amides is 1. The third kappa shape index (κ3) is 2.18. The fourth-order valence-electron chi connectivity index (χ4n) is 4.98. The molecule has 2 N–H and O–H groups in total. The second kappa shape index (κ2) is 5.38. The molecule has 2 unspecified atom stereocenters. The number of para-hydroxylation sites is 1. The van der Waals surface area contributed by atoms with Crippen molar-refractivity contribution in [3.05, 3.63) is 29.8 Å². The monoisotopic (exact) mass is 298 g/mol. The predicted octanol–water partition coefficient (Wildman–Crippen LogP) is 3.36. The first-order valence-corrected chi connectivity index (χ1v) is 8.86. The molecule has 1 heterocycles. The molecular weight excluding hydrogens is 272 g/mol. The van der Waals surface area contributed by atoms with E-state index in [-0.39, 0.29) is 17.4 Å². The van der Waals surface area contributed by atoms with Crippen LogP contribution in [0.15, 0.2) is 24.3 Å². The summed E-state index contributed by atoms with van der Waals surface area (Å²) < 4.78 is 0. The minimum Gasteiger partial charge on any atom is -0.328 e. The van der Waals surface area contributed by atoms with Crippen molar-refractivity contribution >= 4 is 11.6 Å². The lowest BCUT2D eigenvalue weighted by Crippen LogP contribution is -2.42. The van der Waals surface area contributed by atoms with Crippen molar-refractivity contribution in [2.24, 2.45) is 11.7 Å². The topological polar surface area (TPSA) is 46.3 Å². The Balaban J connectivity index is 1.64. The van der Waals surface area contributed by atoms with E-state index in [1.807, 2.05) is 0 Å². The molecule has 2 aliphatic carbocycles. The van der Waals surface area contributed by atoms with Crippen LogP contribution in [0.4, 0.5) is 5.69 Å². The van der Waals surface area contributed by atoms with Gasteiger partial charge in [0.05, 0.1) is 0 Å². The van der Waals surface area contributed by atoms with Crippen LogP contribution in [-0.4, -0.2) is 18.5 Å². The van der Waals surface area contributed by atoms with E-state index in [1.165, 1.54) is 36.9 Å². The average molecular weight is 298 g/mol. The molecule has 1 aromatic carbocycles. The van der Waals surface area contributed by atoms with Gasteiger partial charge in [0.25, 0.3) is 0 Å². The summed E-state index contributed by atoms with van der Waals surface area (Å²) in [6.45, 7) is 0.900. The van der Waals surface area contributed by atoms with Crippen molar-refractivity contribution in [1.29, 1.82) is 0 Å². The van der Waals surface area contributed by atoms with Crippen LogP contribution in [-0.2, 0) is 10.2 Å². The van der Waals surface area contributed by atoms with Gasteiger partial charge >= 0.3 is 0 Å². The van der Waals surface area contributed by atoms with Gasteiger partial charge in [-0.3, -0.25) is 4.79 Å². The molecule has 1 aliphatic heterocycles. The van der Waals surface area contributed by atoms with Crippen molar-refractivity contribution in [2.45, 2.75) is 62.8 Å².